The van der Waals surface area contributed by atoms with E-state index in [0.717, 1.165) is 30.7 Å². The molecule has 3 aromatic rings. The molecule has 164 valence electrons. The molecule has 0 bridgehead atoms. The van der Waals surface area contributed by atoms with Crippen molar-refractivity contribution in [1.82, 2.24) is 23.6 Å². The summed E-state index contributed by atoms with van der Waals surface area (Å²) in [6, 6.07) is 8.49. The van der Waals surface area contributed by atoms with E-state index in [1.165, 1.54) is 11.6 Å². The highest BCUT2D eigenvalue weighted by Crippen LogP contribution is 2.29. The van der Waals surface area contributed by atoms with Crippen LogP contribution >= 0.6 is 0 Å². The highest BCUT2D eigenvalue weighted by atomic mass is 16.2. The fraction of sp³-hybridized carbons (Fsp3) is 0.455. The van der Waals surface area contributed by atoms with E-state index >= 15 is 0 Å². The minimum atomic E-state index is -0.604. The summed E-state index contributed by atoms with van der Waals surface area (Å²) in [5.41, 5.74) is 0.304. The van der Waals surface area contributed by atoms with E-state index in [1.807, 2.05) is 25.1 Å². The number of carbonyl (C=O) groups is 1. The molecule has 31 heavy (non-hydrogen) atoms. The quantitative estimate of drug-likeness (QED) is 0.569. The summed E-state index contributed by atoms with van der Waals surface area (Å²) in [6.07, 6.45) is 0.492. The maximum absolute atomic E-state index is 13.5. The second-order valence-corrected chi connectivity index (χ2v) is 8.10. The number of likely N-dealkylation sites (N-methyl/N-ethyl adjacent to an activating group) is 1. The molecular weight excluding hydrogens is 396 g/mol. The molecular formula is C22H28N6O3. The van der Waals surface area contributed by atoms with Gasteiger partial charge >= 0.3 is 5.69 Å². The molecule has 0 N–H and O–H groups in total. The normalized spacial score (nSPS) is 16.1. The number of aromatic nitrogens is 4. The third-order valence-electron chi connectivity index (χ3n) is 6.12. The van der Waals surface area contributed by atoms with E-state index in [9.17, 15) is 14.4 Å². The van der Waals surface area contributed by atoms with E-state index < -0.39 is 17.3 Å². The van der Waals surface area contributed by atoms with Gasteiger partial charge in [-0.1, -0.05) is 37.3 Å². The molecule has 0 radical (unpaired) electrons. The average molecular weight is 425 g/mol. The fourth-order valence-electron chi connectivity index (χ4n) is 4.21. The topological polar surface area (TPSA) is 85.4 Å². The lowest BCUT2D eigenvalue weighted by Gasteiger charge is -2.34. The van der Waals surface area contributed by atoms with Crippen molar-refractivity contribution in [3.8, 4) is 0 Å². The molecule has 0 unspecified atom stereocenters. The molecule has 9 nitrogen and oxygen atoms in total. The molecule has 1 aliphatic heterocycles. The molecule has 2 aromatic heterocycles. The molecule has 1 aromatic carbocycles. The SMILES string of the molecule is CC[C@H](C(=O)c1ccccc1)n1c(N2CCN(C)CC2)nc2c1c(=O)n(C)c(=O)n2C. The first-order chi connectivity index (χ1) is 14.8. The van der Waals surface area contributed by atoms with Crippen LogP contribution in [-0.2, 0) is 14.1 Å². The van der Waals surface area contributed by atoms with Crippen molar-refractivity contribution in [1.29, 1.82) is 0 Å². The molecule has 9 heteroatoms. The van der Waals surface area contributed by atoms with Crippen molar-refractivity contribution in [3.63, 3.8) is 0 Å². The number of hydrogen-bond donors (Lipinski definition) is 0. The van der Waals surface area contributed by atoms with Crippen molar-refractivity contribution in [3.05, 3.63) is 56.7 Å². The Morgan fingerprint density at radius 2 is 1.65 bits per heavy atom. The van der Waals surface area contributed by atoms with Gasteiger partial charge in [-0.3, -0.25) is 23.3 Å². The van der Waals surface area contributed by atoms with Crippen molar-refractivity contribution >= 4 is 22.9 Å². The van der Waals surface area contributed by atoms with Gasteiger partial charge in [0.2, 0.25) is 5.95 Å². The first-order valence-electron chi connectivity index (χ1n) is 10.6. The van der Waals surface area contributed by atoms with Gasteiger partial charge in [0.05, 0.1) is 0 Å². The van der Waals surface area contributed by atoms with Gasteiger partial charge < -0.3 is 9.80 Å². The Bertz CT molecular complexity index is 1230. The van der Waals surface area contributed by atoms with Gasteiger partial charge in [-0.2, -0.15) is 4.98 Å². The number of hydrogen-bond acceptors (Lipinski definition) is 6. The van der Waals surface area contributed by atoms with Crippen LogP contribution in [0.2, 0.25) is 0 Å². The first-order valence-corrected chi connectivity index (χ1v) is 10.6. The zero-order valence-corrected chi connectivity index (χ0v) is 18.4. The molecule has 0 spiro atoms. The van der Waals surface area contributed by atoms with E-state index in [-0.39, 0.29) is 11.3 Å². The third-order valence-corrected chi connectivity index (χ3v) is 6.12. The zero-order valence-electron chi connectivity index (χ0n) is 18.4. The maximum atomic E-state index is 13.5. The van der Waals surface area contributed by atoms with Crippen molar-refractivity contribution < 1.29 is 4.79 Å². The number of piperazine rings is 1. The van der Waals surface area contributed by atoms with Crippen LogP contribution in [0.5, 0.6) is 0 Å². The lowest BCUT2D eigenvalue weighted by Crippen LogP contribution is -2.46. The number of carbonyl (C=O) groups excluding carboxylic acids is 1. The fourth-order valence-corrected chi connectivity index (χ4v) is 4.21. The number of imidazole rings is 1. The molecule has 0 saturated carbocycles. The van der Waals surface area contributed by atoms with Gasteiger partial charge in [-0.15, -0.1) is 0 Å². The van der Waals surface area contributed by atoms with Gasteiger partial charge in [0, 0.05) is 45.8 Å². The minimum absolute atomic E-state index is 0.0753. The molecule has 4 rings (SSSR count). The van der Waals surface area contributed by atoms with Gasteiger partial charge in [-0.05, 0) is 13.5 Å². The predicted octanol–water partition coefficient (Wildman–Crippen LogP) is 1.02. The number of benzene rings is 1. The Labute approximate surface area is 180 Å². The molecule has 1 atom stereocenters. The van der Waals surface area contributed by atoms with Crippen LogP contribution < -0.4 is 16.1 Å². The van der Waals surface area contributed by atoms with Crippen LogP contribution in [0.15, 0.2) is 39.9 Å². The van der Waals surface area contributed by atoms with Crippen molar-refractivity contribution in [2.75, 3.05) is 38.1 Å². The predicted molar refractivity (Wildman–Crippen MR) is 120 cm³/mol. The maximum Gasteiger partial charge on any atom is 0.332 e. The summed E-state index contributed by atoms with van der Waals surface area (Å²) in [5, 5.41) is 0. The Morgan fingerprint density at radius 1 is 1.00 bits per heavy atom. The van der Waals surface area contributed by atoms with Gasteiger partial charge in [0.25, 0.3) is 5.56 Å². The van der Waals surface area contributed by atoms with Crippen molar-refractivity contribution in [2.45, 2.75) is 19.4 Å². The zero-order chi connectivity index (χ0) is 22.3. The smallest absolute Gasteiger partial charge is 0.332 e. The van der Waals surface area contributed by atoms with Gasteiger partial charge in [0.15, 0.2) is 16.9 Å². The third kappa shape index (κ3) is 3.48. The number of anilines is 1. The number of fused-ring (bicyclic) bond motifs is 1. The Morgan fingerprint density at radius 3 is 2.26 bits per heavy atom. The molecule has 3 heterocycles. The largest absolute Gasteiger partial charge is 0.340 e. The van der Waals surface area contributed by atoms with E-state index in [1.54, 1.807) is 23.7 Å². The Kier molecular flexibility index (Phi) is 5.53. The second kappa shape index (κ2) is 8.14. The number of Topliss-reactive ketones (excluding diaryl/α,β-unsaturated/α-hetero) is 1. The van der Waals surface area contributed by atoms with Crippen LogP contribution in [0.1, 0.15) is 29.7 Å². The summed E-state index contributed by atoms with van der Waals surface area (Å²) in [7, 11) is 5.12. The standard InChI is InChI=1S/C22H28N6O3/c1-5-16(18(29)15-9-7-6-8-10-15)28-17-19(25(3)22(31)26(4)20(17)30)23-21(28)27-13-11-24(2)12-14-27/h6-10,16H,5,11-14H2,1-4H3/t16-/m1/s1. The van der Waals surface area contributed by atoms with Crippen molar-refractivity contribution in [2.24, 2.45) is 14.1 Å². The highest BCUT2D eigenvalue weighted by Gasteiger charge is 2.31. The molecule has 0 aliphatic carbocycles. The molecule has 1 fully saturated rings. The highest BCUT2D eigenvalue weighted by molar-refractivity contribution is 6.00. The summed E-state index contributed by atoms with van der Waals surface area (Å²) < 4.78 is 4.22. The second-order valence-electron chi connectivity index (χ2n) is 8.10. The monoisotopic (exact) mass is 424 g/mol. The number of aryl methyl sites for hydroxylation is 1. The van der Waals surface area contributed by atoms with Gasteiger partial charge in [0.1, 0.15) is 6.04 Å². The van der Waals surface area contributed by atoms with Gasteiger partial charge in [-0.25, -0.2) is 4.79 Å². The minimum Gasteiger partial charge on any atom is -0.340 e. The average Bonchev–Trinajstić information content (AvgIpc) is 3.18. The van der Waals surface area contributed by atoms with Crippen LogP contribution in [-0.4, -0.2) is 62.6 Å². The number of nitrogens with zero attached hydrogens (tertiary/aromatic N) is 6. The number of ketones is 1. The summed E-state index contributed by atoms with van der Waals surface area (Å²) >= 11 is 0. The van der Waals surface area contributed by atoms with E-state index in [2.05, 4.69) is 16.8 Å². The van der Waals surface area contributed by atoms with E-state index in [0.29, 0.717) is 23.6 Å². The molecule has 1 saturated heterocycles. The van der Waals surface area contributed by atoms with Crippen LogP contribution in [0.3, 0.4) is 0 Å². The lowest BCUT2D eigenvalue weighted by atomic mass is 10.0. The van der Waals surface area contributed by atoms with Crippen LogP contribution in [0, 0.1) is 0 Å². The number of rotatable bonds is 5. The first kappa shape index (κ1) is 21.0. The summed E-state index contributed by atoms with van der Waals surface area (Å²) in [5.74, 6) is 0.492. The summed E-state index contributed by atoms with van der Waals surface area (Å²) in [6.45, 7) is 5.08. The summed E-state index contributed by atoms with van der Waals surface area (Å²) in [4.78, 5) is 48.3. The lowest BCUT2D eigenvalue weighted by molar-refractivity contribution is 0.0924. The Balaban J connectivity index is 1.99. The van der Waals surface area contributed by atoms with Crippen LogP contribution in [0.25, 0.3) is 11.2 Å². The Hall–Kier alpha value is -3.20. The van der Waals surface area contributed by atoms with E-state index in [4.69, 9.17) is 4.98 Å². The van der Waals surface area contributed by atoms with Crippen LogP contribution in [0.4, 0.5) is 5.95 Å². The molecule has 0 amide bonds. The molecule has 1 aliphatic rings.